The lowest BCUT2D eigenvalue weighted by Crippen LogP contribution is -1.76. The maximum absolute atomic E-state index is 14.2. The summed E-state index contributed by atoms with van der Waals surface area (Å²) < 4.78 is 28.4. The molecule has 0 fully saturated rings. The largest absolute Gasteiger partial charge is 0.355 e. The Labute approximate surface area is 146 Å². The molecule has 8 bridgehead atoms. The molecule has 0 aliphatic carbocycles. The number of H-pyrrole nitrogens is 2. The molecule has 0 unspecified atom stereocenters. The van der Waals surface area contributed by atoms with Crippen LogP contribution in [0.4, 0.5) is 8.78 Å². The second kappa shape index (κ2) is 5.49. The van der Waals surface area contributed by atoms with Crippen LogP contribution < -0.4 is 0 Å². The Morgan fingerprint density at radius 2 is 1.00 bits per heavy atom. The quantitative estimate of drug-likeness (QED) is 0.417. The first-order valence-electron chi connectivity index (χ1n) is 8.06. The Hall–Kier alpha value is -3.54. The van der Waals surface area contributed by atoms with Crippen molar-refractivity contribution in [1.29, 1.82) is 0 Å². The third-order valence-corrected chi connectivity index (χ3v) is 4.22. The van der Waals surface area contributed by atoms with Crippen LogP contribution in [0.5, 0.6) is 0 Å². The third-order valence-electron chi connectivity index (χ3n) is 4.22. The average Bonchev–Trinajstić information content (AvgIpc) is 3.38. The van der Waals surface area contributed by atoms with E-state index in [0.29, 0.717) is 11.4 Å². The molecule has 2 N–H and O–H groups in total. The van der Waals surface area contributed by atoms with E-state index in [9.17, 15) is 8.78 Å². The van der Waals surface area contributed by atoms with Crippen LogP contribution in [0.25, 0.3) is 46.4 Å². The number of nitrogens with zero attached hydrogens (tertiary/aromatic N) is 2. The van der Waals surface area contributed by atoms with Crippen molar-refractivity contribution in [3.05, 3.63) is 70.8 Å². The van der Waals surface area contributed by atoms with E-state index in [2.05, 4.69) is 19.9 Å². The number of fused-ring (bicyclic) bond motifs is 8. The highest BCUT2D eigenvalue weighted by molar-refractivity contribution is 5.77. The lowest BCUT2D eigenvalue weighted by atomic mass is 10.3. The zero-order valence-electron chi connectivity index (χ0n) is 13.4. The zero-order chi connectivity index (χ0) is 17.7. The highest BCUT2D eigenvalue weighted by atomic mass is 19.2. The van der Waals surface area contributed by atoms with Gasteiger partial charge in [-0.25, -0.2) is 18.7 Å². The van der Waals surface area contributed by atoms with E-state index < -0.39 is 11.6 Å². The van der Waals surface area contributed by atoms with Gasteiger partial charge in [-0.3, -0.25) is 0 Å². The van der Waals surface area contributed by atoms with Gasteiger partial charge in [0.1, 0.15) is 0 Å². The molecule has 0 spiro atoms. The molecule has 5 rings (SSSR count). The standard InChI is InChI=1S/C20H12F2N4/c21-19-17-9-15-5-3-13(24-15)7-11-1-2-12(23-11)8-14-4-6-16(25-14)10-18(26-17)20(19)22/h1-10,23,26H. The van der Waals surface area contributed by atoms with Gasteiger partial charge in [-0.15, -0.1) is 0 Å². The number of halogens is 2. The molecule has 126 valence electrons. The van der Waals surface area contributed by atoms with Gasteiger partial charge < -0.3 is 9.97 Å². The molecule has 6 heteroatoms. The number of hydrogen-bond donors (Lipinski definition) is 2. The summed E-state index contributed by atoms with van der Waals surface area (Å²) in [5.74, 6) is -1.86. The van der Waals surface area contributed by atoms with Crippen molar-refractivity contribution >= 4 is 46.4 Å². The van der Waals surface area contributed by atoms with Crippen molar-refractivity contribution in [2.45, 2.75) is 0 Å². The van der Waals surface area contributed by atoms with E-state index >= 15 is 0 Å². The monoisotopic (exact) mass is 346 g/mol. The maximum Gasteiger partial charge on any atom is 0.184 e. The van der Waals surface area contributed by atoms with E-state index in [1.54, 1.807) is 12.2 Å². The highest BCUT2D eigenvalue weighted by Crippen LogP contribution is 2.21. The Morgan fingerprint density at radius 3 is 1.46 bits per heavy atom. The number of rotatable bonds is 0. The fourth-order valence-electron chi connectivity index (χ4n) is 3.01. The molecule has 3 aromatic rings. The van der Waals surface area contributed by atoms with Crippen LogP contribution in [0.1, 0.15) is 22.8 Å². The second-order valence-corrected chi connectivity index (χ2v) is 6.12. The van der Waals surface area contributed by atoms with Gasteiger partial charge in [0.25, 0.3) is 0 Å². The summed E-state index contributed by atoms with van der Waals surface area (Å²) in [4.78, 5) is 14.9. The smallest absolute Gasteiger partial charge is 0.184 e. The van der Waals surface area contributed by atoms with Crippen LogP contribution >= 0.6 is 0 Å². The van der Waals surface area contributed by atoms with Crippen molar-refractivity contribution in [2.75, 3.05) is 0 Å². The molecule has 0 aromatic carbocycles. The summed E-state index contributed by atoms with van der Waals surface area (Å²) in [6.07, 6.45) is 7.16. The lowest BCUT2D eigenvalue weighted by molar-refractivity contribution is 0.528. The molecular weight excluding hydrogens is 334 g/mol. The van der Waals surface area contributed by atoms with Gasteiger partial charge in [0.2, 0.25) is 0 Å². The number of nitrogens with one attached hydrogen (secondary N) is 2. The third kappa shape index (κ3) is 2.52. The fourth-order valence-corrected chi connectivity index (χ4v) is 3.01. The van der Waals surface area contributed by atoms with Crippen molar-refractivity contribution in [2.24, 2.45) is 0 Å². The Balaban J connectivity index is 1.89. The van der Waals surface area contributed by atoms with Crippen LogP contribution in [0.3, 0.4) is 0 Å². The van der Waals surface area contributed by atoms with Gasteiger partial charge in [-0.2, -0.15) is 0 Å². The molecule has 0 radical (unpaired) electrons. The lowest BCUT2D eigenvalue weighted by Gasteiger charge is -1.85. The van der Waals surface area contributed by atoms with Crippen LogP contribution in [0.15, 0.2) is 36.4 Å². The summed E-state index contributed by atoms with van der Waals surface area (Å²) >= 11 is 0. The average molecular weight is 346 g/mol. The topological polar surface area (TPSA) is 57.4 Å². The molecule has 0 saturated heterocycles. The molecule has 5 heterocycles. The number of aromatic nitrogens is 4. The van der Waals surface area contributed by atoms with Crippen LogP contribution in [-0.4, -0.2) is 19.9 Å². The number of aromatic amines is 2. The fraction of sp³-hybridized carbons (Fsp3) is 0. The molecule has 3 aromatic heterocycles. The van der Waals surface area contributed by atoms with E-state index in [1.807, 2.05) is 36.4 Å². The predicted molar refractivity (Wildman–Crippen MR) is 98.8 cm³/mol. The minimum Gasteiger partial charge on any atom is -0.355 e. The highest BCUT2D eigenvalue weighted by Gasteiger charge is 2.11. The second-order valence-electron chi connectivity index (χ2n) is 6.12. The molecule has 0 saturated carbocycles. The number of hydrogen-bond acceptors (Lipinski definition) is 2. The molecule has 4 nitrogen and oxygen atoms in total. The zero-order valence-corrected chi connectivity index (χ0v) is 13.4. The van der Waals surface area contributed by atoms with Gasteiger partial charge in [0, 0.05) is 11.0 Å². The summed E-state index contributed by atoms with van der Waals surface area (Å²) in [5, 5.41) is 0. The van der Waals surface area contributed by atoms with Gasteiger partial charge in [-0.05, 0) is 60.7 Å². The van der Waals surface area contributed by atoms with E-state index in [-0.39, 0.29) is 11.0 Å². The van der Waals surface area contributed by atoms with E-state index in [0.717, 1.165) is 22.4 Å². The molecule has 2 aliphatic heterocycles. The minimum absolute atomic E-state index is 0.0472. The normalized spacial score (nSPS) is 12.7. The molecule has 0 atom stereocenters. The van der Waals surface area contributed by atoms with Crippen LogP contribution in [0, 0.1) is 11.6 Å². The molecular formula is C20H12F2N4. The van der Waals surface area contributed by atoms with Crippen molar-refractivity contribution in [3.63, 3.8) is 0 Å². The summed E-state index contributed by atoms with van der Waals surface area (Å²) in [5.41, 5.74) is 4.42. The van der Waals surface area contributed by atoms with Crippen molar-refractivity contribution in [3.8, 4) is 0 Å². The Kier molecular flexibility index (Phi) is 3.12. The van der Waals surface area contributed by atoms with Crippen LogP contribution in [0.2, 0.25) is 0 Å². The molecule has 2 aliphatic rings. The Bertz CT molecular complexity index is 1170. The minimum atomic E-state index is -0.930. The SMILES string of the molecule is Fc1c(F)c2cc3nc(cc4ccc(cc5nc(cc1[nH]2)C=C5)[nH]4)C=C3. The van der Waals surface area contributed by atoms with Gasteiger partial charge in [0.05, 0.1) is 33.8 Å². The summed E-state index contributed by atoms with van der Waals surface area (Å²) in [6.45, 7) is 0. The maximum atomic E-state index is 14.2. The first-order valence-corrected chi connectivity index (χ1v) is 8.06. The molecule has 26 heavy (non-hydrogen) atoms. The Morgan fingerprint density at radius 1 is 0.577 bits per heavy atom. The first kappa shape index (κ1) is 14.8. The summed E-state index contributed by atoms with van der Waals surface area (Å²) in [6, 6.07) is 10.6. The van der Waals surface area contributed by atoms with Gasteiger partial charge >= 0.3 is 0 Å². The van der Waals surface area contributed by atoms with E-state index in [4.69, 9.17) is 0 Å². The van der Waals surface area contributed by atoms with Gasteiger partial charge in [-0.1, -0.05) is 0 Å². The van der Waals surface area contributed by atoms with E-state index in [1.165, 1.54) is 12.1 Å². The predicted octanol–water partition coefficient (Wildman–Crippen LogP) is 4.93. The molecule has 0 amide bonds. The van der Waals surface area contributed by atoms with Crippen molar-refractivity contribution in [1.82, 2.24) is 19.9 Å². The summed E-state index contributed by atoms with van der Waals surface area (Å²) in [7, 11) is 0. The van der Waals surface area contributed by atoms with Gasteiger partial charge in [0.15, 0.2) is 11.6 Å². The van der Waals surface area contributed by atoms with Crippen molar-refractivity contribution < 1.29 is 8.78 Å². The van der Waals surface area contributed by atoms with Crippen LogP contribution in [-0.2, 0) is 0 Å². The first-order chi connectivity index (χ1) is 12.6.